The summed E-state index contributed by atoms with van der Waals surface area (Å²) in [5, 5.41) is 27.2. The number of carbonyl (C=O) groups is 2. The summed E-state index contributed by atoms with van der Waals surface area (Å²) in [6.07, 6.45) is 8.31. The lowest BCUT2D eigenvalue weighted by atomic mass is 9.43. The molecule has 0 aromatic heterocycles. The van der Waals surface area contributed by atoms with Gasteiger partial charge in [-0.05, 0) is 92.4 Å². The van der Waals surface area contributed by atoms with Gasteiger partial charge in [0.15, 0.2) is 0 Å². The SMILES string of the molecule is C[C@]12CC3CC(NC(=O)Nc4ccc(CN5CCC[C@H](C(=O)NC(CO)CO)C5)cc4F)(C1)C[C@@](C)(C3)C2. The van der Waals surface area contributed by atoms with Crippen molar-refractivity contribution >= 4 is 17.6 Å². The minimum atomic E-state index is -0.654. The molecule has 4 aliphatic carbocycles. The molecule has 1 aliphatic heterocycles. The maximum absolute atomic E-state index is 15.0. The molecule has 9 heteroatoms. The molecule has 4 bridgehead atoms. The number of hydrogen-bond donors (Lipinski definition) is 5. The van der Waals surface area contributed by atoms with E-state index in [9.17, 15) is 19.8 Å². The molecular weight excluding hydrogens is 487 g/mol. The first-order chi connectivity index (χ1) is 18.0. The first-order valence-electron chi connectivity index (χ1n) is 14.1. The van der Waals surface area contributed by atoms with Gasteiger partial charge in [0.2, 0.25) is 5.91 Å². The average Bonchev–Trinajstić information content (AvgIpc) is 2.81. The molecule has 5 N–H and O–H groups in total. The van der Waals surface area contributed by atoms with Crippen molar-refractivity contribution in [1.29, 1.82) is 0 Å². The van der Waals surface area contributed by atoms with Crippen LogP contribution in [-0.2, 0) is 11.3 Å². The maximum Gasteiger partial charge on any atom is 0.319 e. The fourth-order valence-electron chi connectivity index (χ4n) is 8.88. The van der Waals surface area contributed by atoms with E-state index in [-0.39, 0.29) is 53.1 Å². The summed E-state index contributed by atoms with van der Waals surface area (Å²) in [6.45, 7) is 5.94. The van der Waals surface area contributed by atoms with Gasteiger partial charge in [-0.3, -0.25) is 9.69 Å². The van der Waals surface area contributed by atoms with Crippen LogP contribution in [0.4, 0.5) is 14.9 Å². The number of nitrogens with zero attached hydrogens (tertiary/aromatic N) is 1. The van der Waals surface area contributed by atoms with Crippen LogP contribution in [0, 0.1) is 28.5 Å². The van der Waals surface area contributed by atoms with Gasteiger partial charge in [0.05, 0.1) is 30.9 Å². The lowest BCUT2D eigenvalue weighted by Crippen LogP contribution is -2.65. The van der Waals surface area contributed by atoms with E-state index in [2.05, 4.69) is 34.7 Å². The molecule has 0 radical (unpaired) electrons. The normalized spacial score (nSPS) is 34.4. The molecule has 1 aromatic rings. The number of rotatable bonds is 8. The zero-order valence-corrected chi connectivity index (χ0v) is 22.7. The fourth-order valence-corrected chi connectivity index (χ4v) is 8.88. The van der Waals surface area contributed by atoms with E-state index in [4.69, 9.17) is 0 Å². The van der Waals surface area contributed by atoms with Crippen LogP contribution < -0.4 is 16.0 Å². The third-order valence-corrected chi connectivity index (χ3v) is 9.36. The topological polar surface area (TPSA) is 114 Å². The molecule has 5 atom stereocenters. The third kappa shape index (κ3) is 5.84. The number of piperidine rings is 1. The number of aliphatic hydroxyl groups is 2. The minimum Gasteiger partial charge on any atom is -0.394 e. The number of carbonyl (C=O) groups excluding carboxylic acids is 2. The van der Waals surface area contributed by atoms with Gasteiger partial charge < -0.3 is 26.2 Å². The van der Waals surface area contributed by atoms with Crippen LogP contribution >= 0.6 is 0 Å². The highest BCUT2D eigenvalue weighted by atomic mass is 19.1. The second-order valence-corrected chi connectivity index (χ2v) is 13.4. The molecule has 1 heterocycles. The van der Waals surface area contributed by atoms with Crippen molar-refractivity contribution in [2.45, 2.75) is 83.3 Å². The molecule has 5 aliphatic rings. The predicted molar refractivity (Wildman–Crippen MR) is 143 cm³/mol. The van der Waals surface area contributed by atoms with Crippen molar-refractivity contribution in [3.05, 3.63) is 29.6 Å². The maximum atomic E-state index is 15.0. The van der Waals surface area contributed by atoms with Crippen molar-refractivity contribution in [3.63, 3.8) is 0 Å². The lowest BCUT2D eigenvalue weighted by Gasteiger charge is -2.65. The second kappa shape index (κ2) is 10.4. The van der Waals surface area contributed by atoms with Crippen LogP contribution in [0.3, 0.4) is 0 Å². The van der Waals surface area contributed by atoms with Gasteiger partial charge in [-0.15, -0.1) is 0 Å². The van der Waals surface area contributed by atoms with Gasteiger partial charge in [-0.25, -0.2) is 9.18 Å². The molecule has 1 aromatic carbocycles. The molecule has 5 fully saturated rings. The monoisotopic (exact) mass is 530 g/mol. The fraction of sp³-hybridized carbons (Fsp3) is 0.724. The van der Waals surface area contributed by atoms with Crippen LogP contribution in [0.5, 0.6) is 0 Å². The quantitative estimate of drug-likeness (QED) is 0.354. The van der Waals surface area contributed by atoms with Crippen molar-refractivity contribution < 1.29 is 24.2 Å². The minimum absolute atomic E-state index is 0.170. The standard InChI is InChI=1S/C29H43FN4O4/c1-27-9-20-10-28(2,16-27)18-29(11-20,17-27)33-26(38)32-24-6-5-19(8-23(24)30)12-34-7-3-4-21(13-34)25(37)31-22(14-35)15-36/h5-6,8,20-22,35-36H,3-4,7,9-18H2,1-2H3,(H,31,37)(H2,32,33,38)/t20?,21-,27-,28+,29?/m0/s1. The third-order valence-electron chi connectivity index (χ3n) is 9.36. The summed E-state index contributed by atoms with van der Waals surface area (Å²) < 4.78 is 15.0. The molecule has 6 rings (SSSR count). The zero-order chi connectivity index (χ0) is 27.1. The Labute approximate surface area is 224 Å². The van der Waals surface area contributed by atoms with Gasteiger partial charge in [0.25, 0.3) is 0 Å². The smallest absolute Gasteiger partial charge is 0.319 e. The highest BCUT2D eigenvalue weighted by molar-refractivity contribution is 5.90. The van der Waals surface area contributed by atoms with Gasteiger partial charge in [0.1, 0.15) is 5.82 Å². The molecule has 1 saturated heterocycles. The number of aliphatic hydroxyl groups excluding tert-OH is 2. The molecule has 38 heavy (non-hydrogen) atoms. The summed E-state index contributed by atoms with van der Waals surface area (Å²) in [4.78, 5) is 27.7. The van der Waals surface area contributed by atoms with Gasteiger partial charge in [-0.1, -0.05) is 19.9 Å². The summed E-state index contributed by atoms with van der Waals surface area (Å²) >= 11 is 0. The average molecular weight is 531 g/mol. The lowest BCUT2D eigenvalue weighted by molar-refractivity contribution is -0.128. The van der Waals surface area contributed by atoms with Crippen LogP contribution in [-0.4, -0.2) is 64.9 Å². The number of nitrogens with one attached hydrogen (secondary N) is 3. The Morgan fingerprint density at radius 1 is 1.11 bits per heavy atom. The van der Waals surface area contributed by atoms with Crippen LogP contribution in [0.1, 0.15) is 70.8 Å². The van der Waals surface area contributed by atoms with E-state index >= 15 is 4.39 Å². The number of urea groups is 1. The molecule has 2 unspecified atom stereocenters. The Morgan fingerprint density at radius 3 is 2.45 bits per heavy atom. The Balaban J connectivity index is 1.16. The Kier molecular flexibility index (Phi) is 7.48. The summed E-state index contributed by atoms with van der Waals surface area (Å²) in [5.74, 6) is -0.236. The zero-order valence-electron chi connectivity index (χ0n) is 22.7. The molecule has 4 saturated carbocycles. The van der Waals surface area contributed by atoms with E-state index in [1.54, 1.807) is 6.07 Å². The van der Waals surface area contributed by atoms with Crippen molar-refractivity contribution in [2.75, 3.05) is 31.6 Å². The van der Waals surface area contributed by atoms with E-state index < -0.39 is 11.9 Å². The Hall–Kier alpha value is -2.23. The first kappa shape index (κ1) is 27.3. The van der Waals surface area contributed by atoms with Crippen LogP contribution in [0.2, 0.25) is 0 Å². The molecule has 210 valence electrons. The van der Waals surface area contributed by atoms with Crippen LogP contribution in [0.25, 0.3) is 0 Å². The van der Waals surface area contributed by atoms with E-state index in [1.807, 2.05) is 6.07 Å². The number of halogens is 1. The summed E-state index contributed by atoms with van der Waals surface area (Å²) in [5.41, 5.74) is 1.31. The number of benzene rings is 1. The molecule has 0 spiro atoms. The second-order valence-electron chi connectivity index (χ2n) is 13.4. The van der Waals surface area contributed by atoms with Crippen LogP contribution in [0.15, 0.2) is 18.2 Å². The Bertz CT molecular complexity index is 1050. The highest BCUT2D eigenvalue weighted by Gasteiger charge is 2.60. The van der Waals surface area contributed by atoms with Gasteiger partial charge in [-0.2, -0.15) is 0 Å². The summed E-state index contributed by atoms with van der Waals surface area (Å²) in [7, 11) is 0. The van der Waals surface area contributed by atoms with E-state index in [0.29, 0.717) is 19.0 Å². The number of hydrogen-bond acceptors (Lipinski definition) is 5. The largest absolute Gasteiger partial charge is 0.394 e. The van der Waals surface area contributed by atoms with Crippen molar-refractivity contribution in [3.8, 4) is 0 Å². The first-order valence-corrected chi connectivity index (χ1v) is 14.1. The summed E-state index contributed by atoms with van der Waals surface area (Å²) in [6, 6.07) is 3.91. The highest BCUT2D eigenvalue weighted by Crippen LogP contribution is 2.66. The number of anilines is 1. The Morgan fingerprint density at radius 2 is 1.82 bits per heavy atom. The molecule has 3 amide bonds. The molecule has 8 nitrogen and oxygen atoms in total. The number of amides is 3. The number of likely N-dealkylation sites (tertiary alicyclic amines) is 1. The predicted octanol–water partition coefficient (Wildman–Crippen LogP) is 3.38. The van der Waals surface area contributed by atoms with E-state index in [1.165, 1.54) is 25.3 Å². The van der Waals surface area contributed by atoms with Crippen molar-refractivity contribution in [2.24, 2.45) is 22.7 Å². The van der Waals surface area contributed by atoms with Gasteiger partial charge in [0, 0.05) is 18.6 Å². The van der Waals surface area contributed by atoms with E-state index in [0.717, 1.165) is 44.2 Å². The van der Waals surface area contributed by atoms with Crippen molar-refractivity contribution in [1.82, 2.24) is 15.5 Å². The molecular formula is C29H43FN4O4. The van der Waals surface area contributed by atoms with Gasteiger partial charge >= 0.3 is 6.03 Å².